The maximum atomic E-state index is 13.0. The second-order valence-electron chi connectivity index (χ2n) is 6.46. The smallest absolute Gasteiger partial charge is 0.278 e. The number of anilines is 1. The molecule has 0 unspecified atom stereocenters. The van der Waals surface area contributed by atoms with Gasteiger partial charge >= 0.3 is 0 Å². The van der Waals surface area contributed by atoms with Gasteiger partial charge in [0.25, 0.3) is 11.8 Å². The second kappa shape index (κ2) is 7.94. The van der Waals surface area contributed by atoms with Crippen molar-refractivity contribution < 1.29 is 14.3 Å². The zero-order valence-corrected chi connectivity index (χ0v) is 16.3. The molecule has 0 spiro atoms. The van der Waals surface area contributed by atoms with Gasteiger partial charge in [0.1, 0.15) is 5.70 Å². The largest absolute Gasteiger partial charge is 0.383 e. The van der Waals surface area contributed by atoms with Gasteiger partial charge in [0.05, 0.1) is 18.7 Å². The van der Waals surface area contributed by atoms with E-state index in [4.69, 9.17) is 16.3 Å². The molecule has 0 saturated carbocycles. The van der Waals surface area contributed by atoms with E-state index in [2.05, 4.69) is 5.32 Å². The molecule has 2 aromatic rings. The van der Waals surface area contributed by atoms with Crippen LogP contribution >= 0.6 is 11.6 Å². The molecule has 2 aromatic carbocycles. The number of ether oxygens (including phenoxy) is 1. The quantitative estimate of drug-likeness (QED) is 0.770. The maximum Gasteiger partial charge on any atom is 0.278 e. The van der Waals surface area contributed by atoms with Gasteiger partial charge in [0.2, 0.25) is 0 Å². The van der Waals surface area contributed by atoms with E-state index in [1.54, 1.807) is 12.1 Å². The minimum absolute atomic E-state index is 0.198. The lowest BCUT2D eigenvalue weighted by molar-refractivity contribution is -0.137. The highest BCUT2D eigenvalue weighted by molar-refractivity contribution is 6.36. The lowest BCUT2D eigenvalue weighted by Gasteiger charge is -2.15. The topological polar surface area (TPSA) is 58.6 Å². The van der Waals surface area contributed by atoms with E-state index in [0.29, 0.717) is 21.8 Å². The third kappa shape index (κ3) is 3.89. The molecule has 0 saturated heterocycles. The molecule has 3 rings (SSSR count). The fraction of sp³-hybridized carbons (Fsp3) is 0.238. The summed E-state index contributed by atoms with van der Waals surface area (Å²) in [5.74, 6) is -0.699. The van der Waals surface area contributed by atoms with Crippen molar-refractivity contribution in [2.75, 3.05) is 25.6 Å². The molecule has 6 heteroatoms. The lowest BCUT2D eigenvalue weighted by atomic mass is 10.0. The Morgan fingerprint density at radius 1 is 1.04 bits per heavy atom. The first kappa shape index (κ1) is 19.1. The Kier molecular flexibility index (Phi) is 5.63. The molecule has 1 aliphatic rings. The summed E-state index contributed by atoms with van der Waals surface area (Å²) >= 11 is 6.10. The van der Waals surface area contributed by atoms with Crippen molar-refractivity contribution in [3.05, 3.63) is 69.9 Å². The van der Waals surface area contributed by atoms with E-state index >= 15 is 0 Å². The van der Waals surface area contributed by atoms with Crippen molar-refractivity contribution in [2.24, 2.45) is 0 Å². The van der Waals surface area contributed by atoms with Crippen LogP contribution in [0.1, 0.15) is 16.7 Å². The number of carbonyl (C=O) groups is 2. The van der Waals surface area contributed by atoms with Crippen LogP contribution in [0.3, 0.4) is 0 Å². The molecule has 27 heavy (non-hydrogen) atoms. The monoisotopic (exact) mass is 384 g/mol. The predicted octanol–water partition coefficient (Wildman–Crippen LogP) is 3.80. The molecule has 0 fully saturated rings. The molecule has 1 N–H and O–H groups in total. The first-order valence-corrected chi connectivity index (χ1v) is 8.99. The molecule has 0 atom stereocenters. The molecule has 1 aliphatic heterocycles. The molecule has 0 aliphatic carbocycles. The van der Waals surface area contributed by atoms with Crippen LogP contribution in [0.2, 0.25) is 5.02 Å². The summed E-state index contributed by atoms with van der Waals surface area (Å²) in [7, 11) is 1.54. The Morgan fingerprint density at radius 3 is 2.41 bits per heavy atom. The van der Waals surface area contributed by atoms with Gasteiger partial charge < -0.3 is 10.1 Å². The summed E-state index contributed by atoms with van der Waals surface area (Å²) in [5.41, 5.74) is 4.00. The van der Waals surface area contributed by atoms with E-state index in [1.165, 1.54) is 12.0 Å². The Morgan fingerprint density at radius 2 is 1.74 bits per heavy atom. The third-order valence-corrected chi connectivity index (χ3v) is 4.72. The number of rotatable bonds is 6. The van der Waals surface area contributed by atoms with Gasteiger partial charge in [0.15, 0.2) is 0 Å². The van der Waals surface area contributed by atoms with Gasteiger partial charge in [-0.2, -0.15) is 0 Å². The SMILES string of the molecule is COCCN1C(=O)C(Nc2cc(Cl)ccc2C)=C(c2ccc(C)cc2)C1=O. The van der Waals surface area contributed by atoms with Gasteiger partial charge in [-0.05, 0) is 37.1 Å². The highest BCUT2D eigenvalue weighted by atomic mass is 35.5. The van der Waals surface area contributed by atoms with E-state index in [9.17, 15) is 9.59 Å². The maximum absolute atomic E-state index is 13.0. The number of benzene rings is 2. The van der Waals surface area contributed by atoms with Crippen LogP contribution in [-0.4, -0.2) is 37.0 Å². The number of methoxy groups -OCH3 is 1. The average Bonchev–Trinajstić information content (AvgIpc) is 2.87. The number of carbonyl (C=O) groups excluding carboxylic acids is 2. The predicted molar refractivity (Wildman–Crippen MR) is 107 cm³/mol. The average molecular weight is 385 g/mol. The summed E-state index contributed by atoms with van der Waals surface area (Å²) in [6, 6.07) is 12.9. The molecule has 1 heterocycles. The third-order valence-electron chi connectivity index (χ3n) is 4.49. The normalized spacial score (nSPS) is 14.3. The molecule has 140 valence electrons. The van der Waals surface area contributed by atoms with Crippen LogP contribution in [0.25, 0.3) is 5.57 Å². The van der Waals surface area contributed by atoms with Gasteiger partial charge in [-0.15, -0.1) is 0 Å². The fourth-order valence-corrected chi connectivity index (χ4v) is 3.10. The summed E-state index contributed by atoms with van der Waals surface area (Å²) in [6.45, 7) is 4.36. The fourth-order valence-electron chi connectivity index (χ4n) is 2.93. The number of imide groups is 1. The highest BCUT2D eigenvalue weighted by Crippen LogP contribution is 2.32. The van der Waals surface area contributed by atoms with E-state index < -0.39 is 0 Å². The van der Waals surface area contributed by atoms with E-state index in [1.807, 2.05) is 44.2 Å². The second-order valence-corrected chi connectivity index (χ2v) is 6.89. The molecular formula is C21H21ClN2O3. The Bertz CT molecular complexity index is 920. The minimum atomic E-state index is -0.369. The number of amides is 2. The number of nitrogens with one attached hydrogen (secondary N) is 1. The van der Waals surface area contributed by atoms with Crippen LogP contribution in [-0.2, 0) is 14.3 Å². The van der Waals surface area contributed by atoms with Crippen molar-refractivity contribution in [3.8, 4) is 0 Å². The number of halogens is 1. The molecule has 0 aromatic heterocycles. The highest BCUT2D eigenvalue weighted by Gasteiger charge is 2.39. The molecule has 0 radical (unpaired) electrons. The zero-order valence-electron chi connectivity index (χ0n) is 15.5. The molecule has 5 nitrogen and oxygen atoms in total. The summed E-state index contributed by atoms with van der Waals surface area (Å²) in [6.07, 6.45) is 0. The van der Waals surface area contributed by atoms with Gasteiger partial charge in [-0.1, -0.05) is 47.5 Å². The van der Waals surface area contributed by atoms with Crippen molar-refractivity contribution in [1.29, 1.82) is 0 Å². The summed E-state index contributed by atoms with van der Waals surface area (Å²) in [5, 5.41) is 3.69. The number of nitrogens with zero attached hydrogens (tertiary/aromatic N) is 1. The van der Waals surface area contributed by atoms with E-state index in [-0.39, 0.29) is 30.7 Å². The van der Waals surface area contributed by atoms with E-state index in [0.717, 1.165) is 11.1 Å². The first-order valence-electron chi connectivity index (χ1n) is 8.62. The van der Waals surface area contributed by atoms with Crippen LogP contribution < -0.4 is 5.32 Å². The Labute approximate surface area is 163 Å². The first-order chi connectivity index (χ1) is 12.9. The van der Waals surface area contributed by atoms with Crippen molar-refractivity contribution in [1.82, 2.24) is 4.90 Å². The summed E-state index contributed by atoms with van der Waals surface area (Å²) < 4.78 is 5.04. The van der Waals surface area contributed by atoms with Crippen molar-refractivity contribution in [3.63, 3.8) is 0 Å². The molecule has 2 amide bonds. The van der Waals surface area contributed by atoms with Gasteiger partial charge in [-0.3, -0.25) is 14.5 Å². The van der Waals surface area contributed by atoms with Crippen LogP contribution in [0, 0.1) is 13.8 Å². The van der Waals surface area contributed by atoms with Crippen LogP contribution in [0.15, 0.2) is 48.2 Å². The van der Waals surface area contributed by atoms with Crippen LogP contribution in [0.5, 0.6) is 0 Å². The van der Waals surface area contributed by atoms with Crippen molar-refractivity contribution >= 4 is 34.7 Å². The number of hydrogen-bond acceptors (Lipinski definition) is 4. The molecular weight excluding hydrogens is 364 g/mol. The van der Waals surface area contributed by atoms with Crippen molar-refractivity contribution in [2.45, 2.75) is 13.8 Å². The van der Waals surface area contributed by atoms with Crippen LogP contribution in [0.4, 0.5) is 5.69 Å². The standard InChI is InChI=1S/C21H21ClN2O3/c1-13-4-7-15(8-5-13)18-19(21(26)24(20(18)25)10-11-27-3)23-17-12-16(22)9-6-14(17)2/h4-9,12,23H,10-11H2,1-3H3. The molecule has 0 bridgehead atoms. The van der Waals surface area contributed by atoms with Gasteiger partial charge in [0, 0.05) is 17.8 Å². The Balaban J connectivity index is 2.07. The van der Waals surface area contributed by atoms with Gasteiger partial charge in [-0.25, -0.2) is 0 Å². The Hall–Kier alpha value is -2.63. The zero-order chi connectivity index (χ0) is 19.6. The summed E-state index contributed by atoms with van der Waals surface area (Å²) in [4.78, 5) is 27.2. The number of aryl methyl sites for hydroxylation is 2. The number of hydrogen-bond donors (Lipinski definition) is 1. The minimum Gasteiger partial charge on any atom is -0.383 e. The lowest BCUT2D eigenvalue weighted by Crippen LogP contribution is -2.35.